The maximum Gasteiger partial charge on any atom is 0.321 e. The molecule has 0 aromatic carbocycles. The zero-order valence-corrected chi connectivity index (χ0v) is 16.5. The van der Waals surface area contributed by atoms with Gasteiger partial charge in [0.25, 0.3) is 5.91 Å². The third kappa shape index (κ3) is 5.16. The van der Waals surface area contributed by atoms with Crippen molar-refractivity contribution in [3.8, 4) is 0 Å². The van der Waals surface area contributed by atoms with E-state index in [2.05, 4.69) is 15.6 Å². The summed E-state index contributed by atoms with van der Waals surface area (Å²) in [6.45, 7) is 1.42. The first kappa shape index (κ1) is 19.1. The summed E-state index contributed by atoms with van der Waals surface area (Å²) in [4.78, 5) is 30.1. The molecule has 2 N–H and O–H groups in total. The van der Waals surface area contributed by atoms with Crippen molar-refractivity contribution in [3.63, 3.8) is 0 Å². The van der Waals surface area contributed by atoms with Crippen LogP contribution >= 0.6 is 34.3 Å². The number of anilines is 1. The lowest BCUT2D eigenvalue weighted by atomic mass is 10.2. The molecule has 26 heavy (non-hydrogen) atoms. The third-order valence-corrected chi connectivity index (χ3v) is 5.77. The van der Waals surface area contributed by atoms with E-state index in [9.17, 15) is 9.59 Å². The number of nitrogens with zero attached hydrogens (tertiary/aromatic N) is 2. The van der Waals surface area contributed by atoms with E-state index in [4.69, 9.17) is 16.3 Å². The van der Waals surface area contributed by atoms with Gasteiger partial charge in [0.1, 0.15) is 6.10 Å². The van der Waals surface area contributed by atoms with E-state index in [1.165, 1.54) is 22.7 Å². The van der Waals surface area contributed by atoms with Crippen LogP contribution in [-0.4, -0.2) is 41.6 Å². The Hall–Kier alpha value is -1.68. The fourth-order valence-electron chi connectivity index (χ4n) is 2.54. The molecule has 3 amide bonds. The van der Waals surface area contributed by atoms with Gasteiger partial charge in [-0.25, -0.2) is 9.78 Å². The SMILES string of the molecule is CN(Cc1csc(NC(=O)NCc2csc(Cl)c2)n1)C(=O)C1CCCO1. The summed E-state index contributed by atoms with van der Waals surface area (Å²) in [5.74, 6) is -0.0304. The van der Waals surface area contributed by atoms with Gasteiger partial charge in [-0.3, -0.25) is 10.1 Å². The van der Waals surface area contributed by atoms with E-state index >= 15 is 0 Å². The van der Waals surface area contributed by atoms with E-state index < -0.39 is 0 Å². The lowest BCUT2D eigenvalue weighted by Crippen LogP contribution is -2.35. The molecular formula is C16H19ClN4O3S2. The third-order valence-electron chi connectivity index (χ3n) is 3.83. The molecule has 1 fully saturated rings. The van der Waals surface area contributed by atoms with Gasteiger partial charge in [-0.05, 0) is 29.9 Å². The van der Waals surface area contributed by atoms with Crippen LogP contribution < -0.4 is 10.6 Å². The molecule has 2 aromatic heterocycles. The van der Waals surface area contributed by atoms with E-state index in [1.807, 2.05) is 16.8 Å². The maximum absolute atomic E-state index is 12.2. The average Bonchev–Trinajstić information content (AvgIpc) is 3.35. The molecule has 0 aliphatic carbocycles. The molecule has 1 atom stereocenters. The number of likely N-dealkylation sites (N-methyl/N-ethyl adjacent to an activating group) is 1. The van der Waals surface area contributed by atoms with E-state index in [0.29, 0.717) is 29.2 Å². The number of rotatable bonds is 6. The van der Waals surface area contributed by atoms with Crippen molar-refractivity contribution in [3.05, 3.63) is 32.4 Å². The molecule has 3 heterocycles. The Kier molecular flexibility index (Phi) is 6.47. The van der Waals surface area contributed by atoms with Crippen molar-refractivity contribution >= 4 is 51.3 Å². The van der Waals surface area contributed by atoms with Crippen molar-refractivity contribution in [1.29, 1.82) is 0 Å². The van der Waals surface area contributed by atoms with Crippen LogP contribution in [0.15, 0.2) is 16.8 Å². The van der Waals surface area contributed by atoms with Crippen molar-refractivity contribution in [2.45, 2.75) is 32.0 Å². The predicted octanol–water partition coefficient (Wildman–Crippen LogP) is 3.32. The fourth-order valence-corrected chi connectivity index (χ4v) is 4.14. The molecule has 1 aliphatic heterocycles. The number of nitrogens with one attached hydrogen (secondary N) is 2. The highest BCUT2D eigenvalue weighted by atomic mass is 35.5. The van der Waals surface area contributed by atoms with Crippen LogP contribution in [0.4, 0.5) is 9.93 Å². The molecular weight excluding hydrogens is 396 g/mol. The Morgan fingerprint density at radius 1 is 1.42 bits per heavy atom. The summed E-state index contributed by atoms with van der Waals surface area (Å²) in [6.07, 6.45) is 1.34. The van der Waals surface area contributed by atoms with Crippen molar-refractivity contribution in [2.24, 2.45) is 0 Å². The zero-order valence-electron chi connectivity index (χ0n) is 14.2. The molecule has 7 nitrogen and oxygen atoms in total. The smallest absolute Gasteiger partial charge is 0.321 e. The van der Waals surface area contributed by atoms with E-state index in [1.54, 1.807) is 11.9 Å². The highest BCUT2D eigenvalue weighted by molar-refractivity contribution is 7.14. The van der Waals surface area contributed by atoms with Gasteiger partial charge in [0.15, 0.2) is 5.13 Å². The normalized spacial score (nSPS) is 16.5. The second-order valence-corrected chi connectivity index (χ2v) is 8.31. The predicted molar refractivity (Wildman–Crippen MR) is 103 cm³/mol. The molecule has 3 rings (SSSR count). The molecule has 140 valence electrons. The molecule has 1 unspecified atom stereocenters. The molecule has 0 radical (unpaired) electrons. The number of halogens is 1. The van der Waals surface area contributed by atoms with Gasteiger partial charge in [0.2, 0.25) is 0 Å². The number of urea groups is 1. The molecule has 1 aliphatic rings. The summed E-state index contributed by atoms with van der Waals surface area (Å²) < 4.78 is 6.10. The molecule has 10 heteroatoms. The van der Waals surface area contributed by atoms with Gasteiger partial charge >= 0.3 is 6.03 Å². The highest BCUT2D eigenvalue weighted by Crippen LogP contribution is 2.20. The van der Waals surface area contributed by atoms with Crippen LogP contribution in [0, 0.1) is 0 Å². The second-order valence-electron chi connectivity index (χ2n) is 5.91. The number of carbonyl (C=O) groups is 2. The Labute approximate surface area is 164 Å². The van der Waals surface area contributed by atoms with Crippen LogP contribution in [0.25, 0.3) is 0 Å². The molecule has 0 bridgehead atoms. The second kappa shape index (κ2) is 8.81. The molecule has 0 saturated carbocycles. The minimum absolute atomic E-state index is 0.0304. The number of thiophene rings is 1. The highest BCUT2D eigenvalue weighted by Gasteiger charge is 2.26. The van der Waals surface area contributed by atoms with E-state index in [-0.39, 0.29) is 18.0 Å². The van der Waals surface area contributed by atoms with Crippen LogP contribution in [0.3, 0.4) is 0 Å². The van der Waals surface area contributed by atoms with Crippen LogP contribution in [0.5, 0.6) is 0 Å². The minimum atomic E-state index is -0.340. The van der Waals surface area contributed by atoms with Crippen LogP contribution in [-0.2, 0) is 22.6 Å². The number of hydrogen-bond acceptors (Lipinski definition) is 6. The Morgan fingerprint density at radius 2 is 2.27 bits per heavy atom. The van der Waals surface area contributed by atoms with Gasteiger partial charge in [-0.2, -0.15) is 0 Å². The Morgan fingerprint density at radius 3 is 2.96 bits per heavy atom. The number of thiazole rings is 1. The number of aromatic nitrogens is 1. The fraction of sp³-hybridized carbons (Fsp3) is 0.438. The molecule has 2 aromatic rings. The summed E-state index contributed by atoms with van der Waals surface area (Å²) in [5.41, 5.74) is 1.67. The van der Waals surface area contributed by atoms with Gasteiger partial charge in [0, 0.05) is 25.6 Å². The number of hydrogen-bond donors (Lipinski definition) is 2. The van der Waals surface area contributed by atoms with Gasteiger partial charge < -0.3 is 15.0 Å². The van der Waals surface area contributed by atoms with Gasteiger partial charge in [-0.15, -0.1) is 22.7 Å². The quantitative estimate of drug-likeness (QED) is 0.759. The zero-order chi connectivity index (χ0) is 18.5. The van der Waals surface area contributed by atoms with Gasteiger partial charge in [0.05, 0.1) is 16.6 Å². The number of ether oxygens (including phenoxy) is 1. The molecule has 0 spiro atoms. The average molecular weight is 415 g/mol. The van der Waals surface area contributed by atoms with Crippen molar-refractivity contribution < 1.29 is 14.3 Å². The monoisotopic (exact) mass is 414 g/mol. The van der Waals surface area contributed by atoms with Gasteiger partial charge in [-0.1, -0.05) is 11.6 Å². The van der Waals surface area contributed by atoms with Crippen molar-refractivity contribution in [1.82, 2.24) is 15.2 Å². The van der Waals surface area contributed by atoms with E-state index in [0.717, 1.165) is 24.1 Å². The summed E-state index contributed by atoms with van der Waals surface area (Å²) in [5, 5.41) is 9.65. The van der Waals surface area contributed by atoms with Crippen LogP contribution in [0.2, 0.25) is 4.34 Å². The first-order valence-corrected chi connectivity index (χ1v) is 10.2. The lowest BCUT2D eigenvalue weighted by molar-refractivity contribution is -0.140. The Balaban J connectivity index is 1.46. The summed E-state index contributed by atoms with van der Waals surface area (Å²) in [6, 6.07) is 1.48. The lowest BCUT2D eigenvalue weighted by Gasteiger charge is -2.19. The summed E-state index contributed by atoms with van der Waals surface area (Å²) in [7, 11) is 1.73. The largest absolute Gasteiger partial charge is 0.368 e. The first-order valence-electron chi connectivity index (χ1n) is 8.10. The summed E-state index contributed by atoms with van der Waals surface area (Å²) >= 11 is 8.60. The Bertz CT molecular complexity index is 773. The first-order chi connectivity index (χ1) is 12.5. The number of carbonyl (C=O) groups excluding carboxylic acids is 2. The maximum atomic E-state index is 12.2. The minimum Gasteiger partial charge on any atom is -0.368 e. The topological polar surface area (TPSA) is 83.6 Å². The number of amides is 3. The standard InChI is InChI=1S/C16H19ClN4O3S2/c1-21(14(22)12-3-2-4-24-12)7-11-9-26-16(19-11)20-15(23)18-6-10-5-13(17)25-8-10/h5,8-9,12H,2-4,6-7H2,1H3,(H2,18,19,20,23). The molecule has 1 saturated heterocycles. The van der Waals surface area contributed by atoms with Crippen LogP contribution in [0.1, 0.15) is 24.1 Å². The van der Waals surface area contributed by atoms with Crippen molar-refractivity contribution in [2.75, 3.05) is 19.0 Å².